The minimum Gasteiger partial charge on any atom is -0.0805 e. The third-order valence-electron chi connectivity index (χ3n) is 8.76. The zero-order valence-electron chi connectivity index (χ0n) is 27.6. The topological polar surface area (TPSA) is 0 Å². The Morgan fingerprint density at radius 1 is 0.650 bits per heavy atom. The smallest absolute Gasteiger partial charge is 0.0104 e. The summed E-state index contributed by atoms with van der Waals surface area (Å²) in [7, 11) is 0. The van der Waals surface area contributed by atoms with Crippen LogP contribution in [-0.4, -0.2) is 0 Å². The maximum atomic E-state index is 2.41. The lowest BCUT2D eigenvalue weighted by molar-refractivity contribution is 0.360. The molecule has 0 aromatic rings. The van der Waals surface area contributed by atoms with Crippen LogP contribution in [0.15, 0.2) is 117 Å². The average Bonchev–Trinajstić information content (AvgIpc) is 2.85. The van der Waals surface area contributed by atoms with Gasteiger partial charge in [0.1, 0.15) is 0 Å². The Balaban J connectivity index is 1.83. The molecule has 0 radical (unpaired) electrons. The Morgan fingerprint density at radius 2 is 1.20 bits per heavy atom. The van der Waals surface area contributed by atoms with Gasteiger partial charge in [-0.15, -0.1) is 0 Å². The fourth-order valence-electron chi connectivity index (χ4n) is 6.07. The summed E-state index contributed by atoms with van der Waals surface area (Å²) < 4.78 is 0. The summed E-state index contributed by atoms with van der Waals surface area (Å²) in [5.41, 5.74) is 12.2. The predicted octanol–water partition coefficient (Wildman–Crippen LogP) is 12.8. The van der Waals surface area contributed by atoms with Crippen LogP contribution < -0.4 is 0 Å². The molecule has 0 bridgehead atoms. The molecule has 0 saturated heterocycles. The second-order valence-corrected chi connectivity index (χ2v) is 13.5. The molecule has 0 aromatic heterocycles. The Kier molecular flexibility index (Phi) is 13.4. The van der Waals surface area contributed by atoms with E-state index in [2.05, 4.69) is 142 Å². The van der Waals surface area contributed by atoms with Crippen LogP contribution in [0.2, 0.25) is 0 Å². The van der Waals surface area contributed by atoms with Gasteiger partial charge in [0.15, 0.2) is 0 Å². The zero-order chi connectivity index (χ0) is 29.8. The molecule has 0 unspecified atom stereocenters. The summed E-state index contributed by atoms with van der Waals surface area (Å²) in [6.45, 7) is 22.9. The molecule has 0 aliphatic heterocycles. The van der Waals surface area contributed by atoms with E-state index in [9.17, 15) is 0 Å². The van der Waals surface area contributed by atoms with Crippen LogP contribution in [0.5, 0.6) is 0 Å². The molecule has 0 aromatic carbocycles. The van der Waals surface area contributed by atoms with Crippen molar-refractivity contribution in [3.63, 3.8) is 0 Å². The molecule has 0 amide bonds. The molecule has 0 fully saturated rings. The van der Waals surface area contributed by atoms with Crippen molar-refractivity contribution in [1.82, 2.24) is 0 Å². The summed E-state index contributed by atoms with van der Waals surface area (Å²) in [5, 5.41) is 0. The summed E-state index contributed by atoms with van der Waals surface area (Å²) in [4.78, 5) is 0. The standard InChI is InChI=1S/C40H58/c1-31(19-13-21-33(3)25-27-37-35(5)23-15-29-39(37,7)8)17-11-12-18-32(2)20-14-22-34(4)26-28-38-36(6)24-16-30-40(38,9)10/h11,13-14,17-22,25-26,28H,12,15-16,23-24,27,29-30H2,1-10H3/b17-11+,20-14+,21-13+,28-26+,31-19+,32-18+,33-25+,34-22+. The lowest BCUT2D eigenvalue weighted by Gasteiger charge is -2.34. The molecule has 0 heteroatoms. The highest BCUT2D eigenvalue weighted by molar-refractivity contribution is 5.37. The van der Waals surface area contributed by atoms with E-state index >= 15 is 0 Å². The van der Waals surface area contributed by atoms with Crippen molar-refractivity contribution >= 4 is 0 Å². The van der Waals surface area contributed by atoms with E-state index in [0.29, 0.717) is 10.8 Å². The average molecular weight is 539 g/mol. The van der Waals surface area contributed by atoms with Crippen LogP contribution in [0, 0.1) is 10.8 Å². The number of hydrogen-bond donors (Lipinski definition) is 0. The van der Waals surface area contributed by atoms with Crippen molar-refractivity contribution in [1.29, 1.82) is 0 Å². The van der Waals surface area contributed by atoms with Crippen LogP contribution in [0.1, 0.15) is 121 Å². The Morgan fingerprint density at radius 3 is 1.80 bits per heavy atom. The molecule has 0 N–H and O–H groups in total. The van der Waals surface area contributed by atoms with Crippen molar-refractivity contribution in [3.05, 3.63) is 117 Å². The van der Waals surface area contributed by atoms with E-state index in [1.54, 1.807) is 16.7 Å². The Bertz CT molecular complexity index is 1170. The van der Waals surface area contributed by atoms with Gasteiger partial charge in [0.05, 0.1) is 0 Å². The van der Waals surface area contributed by atoms with E-state index in [4.69, 9.17) is 0 Å². The molecule has 2 aliphatic rings. The maximum absolute atomic E-state index is 2.41. The zero-order valence-corrected chi connectivity index (χ0v) is 27.6. The van der Waals surface area contributed by atoms with Crippen LogP contribution in [-0.2, 0) is 0 Å². The fraction of sp³-hybridized carbons (Fsp3) is 0.500. The molecule has 0 nitrogen and oxygen atoms in total. The fourth-order valence-corrected chi connectivity index (χ4v) is 6.07. The molecule has 40 heavy (non-hydrogen) atoms. The molecule has 0 saturated carbocycles. The SMILES string of the molecule is CC1=C(/C=C/C(C)=C/C=C/C(C)=C/C/C=C/C(C)=C/C=C/C(C)=C/CC2=C(C)CCCC2(C)C)C(C)(C)CCC1. The highest BCUT2D eigenvalue weighted by atomic mass is 14.3. The number of hydrogen-bond acceptors (Lipinski definition) is 0. The van der Waals surface area contributed by atoms with Gasteiger partial charge in [0, 0.05) is 0 Å². The molecule has 218 valence electrons. The minimum atomic E-state index is 0.297. The van der Waals surface area contributed by atoms with Gasteiger partial charge in [-0.2, -0.15) is 0 Å². The Hall–Kier alpha value is -2.60. The molecule has 0 spiro atoms. The van der Waals surface area contributed by atoms with E-state index in [0.717, 1.165) is 12.8 Å². The van der Waals surface area contributed by atoms with Gasteiger partial charge >= 0.3 is 0 Å². The summed E-state index contributed by atoms with van der Waals surface area (Å²) in [6.07, 6.45) is 36.7. The number of rotatable bonds is 11. The van der Waals surface area contributed by atoms with E-state index in [1.165, 1.54) is 66.4 Å². The summed E-state index contributed by atoms with van der Waals surface area (Å²) in [6, 6.07) is 0. The van der Waals surface area contributed by atoms with Gasteiger partial charge < -0.3 is 0 Å². The third-order valence-corrected chi connectivity index (χ3v) is 8.76. The molecule has 2 rings (SSSR count). The van der Waals surface area contributed by atoms with Crippen molar-refractivity contribution in [2.24, 2.45) is 10.8 Å². The second-order valence-electron chi connectivity index (χ2n) is 13.5. The van der Waals surface area contributed by atoms with Crippen LogP contribution in [0.25, 0.3) is 0 Å². The summed E-state index contributed by atoms with van der Waals surface area (Å²) in [5.74, 6) is 0. The van der Waals surface area contributed by atoms with Crippen molar-refractivity contribution in [2.75, 3.05) is 0 Å². The van der Waals surface area contributed by atoms with E-state index in [-0.39, 0.29) is 0 Å². The second kappa shape index (κ2) is 16.0. The monoisotopic (exact) mass is 538 g/mol. The normalized spacial score (nSPS) is 21.8. The molecule has 2 aliphatic carbocycles. The highest BCUT2D eigenvalue weighted by Crippen LogP contribution is 2.42. The van der Waals surface area contributed by atoms with Gasteiger partial charge in [-0.25, -0.2) is 0 Å². The third kappa shape index (κ3) is 11.5. The van der Waals surface area contributed by atoms with E-state index in [1.807, 2.05) is 0 Å². The number of allylic oxidation sites excluding steroid dienone is 20. The summed E-state index contributed by atoms with van der Waals surface area (Å²) >= 11 is 0. The van der Waals surface area contributed by atoms with Gasteiger partial charge in [-0.05, 0) is 109 Å². The van der Waals surface area contributed by atoms with Gasteiger partial charge in [0.25, 0.3) is 0 Å². The first-order valence-corrected chi connectivity index (χ1v) is 15.6. The molecule has 0 atom stereocenters. The first-order chi connectivity index (χ1) is 18.8. The highest BCUT2D eigenvalue weighted by Gasteiger charge is 2.27. The Labute approximate surface area is 248 Å². The molecule has 0 heterocycles. The van der Waals surface area contributed by atoms with Crippen LogP contribution >= 0.6 is 0 Å². The van der Waals surface area contributed by atoms with Gasteiger partial charge in [0.2, 0.25) is 0 Å². The first-order valence-electron chi connectivity index (χ1n) is 15.6. The van der Waals surface area contributed by atoms with E-state index < -0.39 is 0 Å². The lowest BCUT2D eigenvalue weighted by atomic mass is 9.71. The lowest BCUT2D eigenvalue weighted by Crippen LogP contribution is -2.20. The van der Waals surface area contributed by atoms with Crippen LogP contribution in [0.4, 0.5) is 0 Å². The van der Waals surface area contributed by atoms with Crippen molar-refractivity contribution in [3.8, 4) is 0 Å². The molecular formula is C40H58. The predicted molar refractivity (Wildman–Crippen MR) is 181 cm³/mol. The van der Waals surface area contributed by atoms with Crippen molar-refractivity contribution < 1.29 is 0 Å². The van der Waals surface area contributed by atoms with Crippen LogP contribution in [0.3, 0.4) is 0 Å². The first kappa shape index (κ1) is 33.6. The van der Waals surface area contributed by atoms with Gasteiger partial charge in [-0.1, -0.05) is 140 Å². The molecular weight excluding hydrogens is 480 g/mol. The minimum absolute atomic E-state index is 0.297. The maximum Gasteiger partial charge on any atom is -0.0104 e. The van der Waals surface area contributed by atoms with Crippen molar-refractivity contribution in [2.45, 2.75) is 121 Å². The van der Waals surface area contributed by atoms with Gasteiger partial charge in [-0.3, -0.25) is 0 Å². The largest absolute Gasteiger partial charge is 0.0805 e. The quantitative estimate of drug-likeness (QED) is 0.181.